The van der Waals surface area contributed by atoms with Gasteiger partial charge in [-0.05, 0) is 31.1 Å². The van der Waals surface area contributed by atoms with Gasteiger partial charge in [-0.1, -0.05) is 20.3 Å². The molecule has 0 spiro atoms. The number of cyclic esters (lactones) is 1. The van der Waals surface area contributed by atoms with Gasteiger partial charge >= 0.3 is 11.9 Å². The van der Waals surface area contributed by atoms with E-state index in [2.05, 4.69) is 10.6 Å². The van der Waals surface area contributed by atoms with E-state index in [4.69, 9.17) is 10.5 Å². The molecule has 9 nitrogen and oxygen atoms in total. The minimum atomic E-state index is -1.12. The lowest BCUT2D eigenvalue weighted by Gasteiger charge is -2.37. The summed E-state index contributed by atoms with van der Waals surface area (Å²) in [4.78, 5) is 46.8. The second-order valence-electron chi connectivity index (χ2n) is 7.29. The fraction of sp³-hybridized carbons (Fsp3) is 0.765. The van der Waals surface area contributed by atoms with Gasteiger partial charge in [-0.3, -0.25) is 14.4 Å². The van der Waals surface area contributed by atoms with Crippen LogP contribution in [0.3, 0.4) is 0 Å². The fourth-order valence-corrected chi connectivity index (χ4v) is 3.21. The van der Waals surface area contributed by atoms with Crippen molar-refractivity contribution in [1.82, 2.24) is 10.6 Å². The number of rotatable bonds is 9. The van der Waals surface area contributed by atoms with E-state index in [1.807, 2.05) is 13.8 Å². The van der Waals surface area contributed by atoms with Gasteiger partial charge in [0.05, 0.1) is 6.04 Å². The van der Waals surface area contributed by atoms with Gasteiger partial charge < -0.3 is 26.2 Å². The van der Waals surface area contributed by atoms with Crippen LogP contribution in [0.4, 0.5) is 0 Å². The molecule has 0 aromatic rings. The van der Waals surface area contributed by atoms with Crippen molar-refractivity contribution < 1.29 is 29.0 Å². The van der Waals surface area contributed by atoms with Crippen molar-refractivity contribution >= 4 is 23.8 Å². The van der Waals surface area contributed by atoms with E-state index in [1.54, 1.807) is 0 Å². The van der Waals surface area contributed by atoms with Crippen LogP contribution in [0.25, 0.3) is 0 Å². The number of carbonyl (C=O) groups excluding carboxylic acids is 3. The van der Waals surface area contributed by atoms with Crippen LogP contribution in [0.1, 0.15) is 33.6 Å². The number of nitrogens with one attached hydrogen (secondary N) is 2. The molecule has 1 saturated heterocycles. The molecule has 2 amide bonds. The molecule has 0 unspecified atom stereocenters. The first kappa shape index (κ1) is 20.2. The molecule has 5 N–H and O–H groups in total. The molecule has 1 aliphatic carbocycles. The van der Waals surface area contributed by atoms with Crippen molar-refractivity contribution in [1.29, 1.82) is 0 Å². The lowest BCUT2D eigenvalue weighted by molar-refractivity contribution is -0.193. The Bertz CT molecular complexity index is 593. The number of aliphatic carboxylic acids is 1. The molecule has 7 atom stereocenters. The molecule has 0 aromatic heterocycles. The van der Waals surface area contributed by atoms with Crippen LogP contribution in [0.15, 0.2) is 0 Å². The maximum absolute atomic E-state index is 12.2. The van der Waals surface area contributed by atoms with Gasteiger partial charge in [0.1, 0.15) is 12.0 Å². The quantitative estimate of drug-likeness (QED) is 0.391. The molecule has 1 aliphatic heterocycles. The highest BCUT2D eigenvalue weighted by Gasteiger charge is 2.51. The Morgan fingerprint density at radius 2 is 2.00 bits per heavy atom. The van der Waals surface area contributed by atoms with Crippen LogP contribution in [0.2, 0.25) is 0 Å². The van der Waals surface area contributed by atoms with Gasteiger partial charge in [-0.2, -0.15) is 0 Å². The number of esters is 1. The van der Waals surface area contributed by atoms with Crippen molar-refractivity contribution in [3.63, 3.8) is 0 Å². The maximum atomic E-state index is 12.2. The molecule has 2 fully saturated rings. The van der Waals surface area contributed by atoms with Gasteiger partial charge in [0.25, 0.3) is 5.91 Å². The van der Waals surface area contributed by atoms with E-state index >= 15 is 0 Å². The lowest BCUT2D eigenvalue weighted by Crippen LogP contribution is -2.56. The number of amides is 2. The SMILES string of the molecule is CC[C@H](C)[C@@H]1C(=O)O[C@H]1C(=O)NC[C@H]1C[C@@H]1[C@H](NC(=O)[C@H](C)N)C(=O)O. The first-order chi connectivity index (χ1) is 12.2. The van der Waals surface area contributed by atoms with Crippen LogP contribution in [-0.2, 0) is 23.9 Å². The molecular weight excluding hydrogens is 342 g/mol. The van der Waals surface area contributed by atoms with Crippen LogP contribution in [-0.4, -0.2) is 53.6 Å². The molecule has 9 heteroatoms. The summed E-state index contributed by atoms with van der Waals surface area (Å²) < 4.78 is 4.96. The van der Waals surface area contributed by atoms with Gasteiger partial charge in [0.15, 0.2) is 6.10 Å². The van der Waals surface area contributed by atoms with Crippen LogP contribution < -0.4 is 16.4 Å². The number of ether oxygens (including phenoxy) is 1. The minimum absolute atomic E-state index is 0.0498. The Balaban J connectivity index is 1.82. The first-order valence-electron chi connectivity index (χ1n) is 8.94. The van der Waals surface area contributed by atoms with E-state index in [-0.39, 0.29) is 36.2 Å². The predicted octanol–water partition coefficient (Wildman–Crippen LogP) is -0.757. The molecule has 0 aromatic carbocycles. The summed E-state index contributed by atoms with van der Waals surface area (Å²) in [5, 5.41) is 14.5. The Labute approximate surface area is 152 Å². The largest absolute Gasteiger partial charge is 0.480 e. The highest BCUT2D eigenvalue weighted by atomic mass is 16.6. The molecule has 1 heterocycles. The van der Waals surface area contributed by atoms with E-state index in [0.29, 0.717) is 6.42 Å². The Kier molecular flexibility index (Phi) is 6.22. The van der Waals surface area contributed by atoms with Crippen LogP contribution in [0, 0.1) is 23.7 Å². The Morgan fingerprint density at radius 3 is 2.50 bits per heavy atom. The second kappa shape index (κ2) is 8.03. The number of nitrogens with two attached hydrogens (primary N) is 1. The average molecular weight is 369 g/mol. The lowest BCUT2D eigenvalue weighted by atomic mass is 9.83. The topological polar surface area (TPSA) is 148 Å². The molecule has 0 radical (unpaired) electrons. The third-order valence-electron chi connectivity index (χ3n) is 5.28. The molecular formula is C17H27N3O6. The zero-order chi connectivity index (χ0) is 19.6. The molecule has 146 valence electrons. The van der Waals surface area contributed by atoms with Gasteiger partial charge in [0.2, 0.25) is 5.91 Å². The van der Waals surface area contributed by atoms with E-state index in [0.717, 1.165) is 6.42 Å². The number of hydrogen-bond donors (Lipinski definition) is 4. The van der Waals surface area contributed by atoms with Crippen LogP contribution >= 0.6 is 0 Å². The summed E-state index contributed by atoms with van der Waals surface area (Å²) in [6, 6.07) is -1.82. The average Bonchev–Trinajstić information content (AvgIpc) is 3.33. The normalized spacial score (nSPS) is 30.2. The third kappa shape index (κ3) is 4.32. The zero-order valence-electron chi connectivity index (χ0n) is 15.2. The number of hydrogen-bond acceptors (Lipinski definition) is 6. The predicted molar refractivity (Wildman–Crippen MR) is 90.6 cm³/mol. The summed E-state index contributed by atoms with van der Waals surface area (Å²) in [5.41, 5.74) is 5.45. The smallest absolute Gasteiger partial charge is 0.326 e. The first-order valence-corrected chi connectivity index (χ1v) is 8.94. The maximum Gasteiger partial charge on any atom is 0.326 e. The van der Waals surface area contributed by atoms with Crippen LogP contribution in [0.5, 0.6) is 0 Å². The van der Waals surface area contributed by atoms with E-state index in [9.17, 15) is 24.3 Å². The minimum Gasteiger partial charge on any atom is -0.480 e. The fourth-order valence-electron chi connectivity index (χ4n) is 3.21. The number of carboxylic acids is 1. The van der Waals surface area contributed by atoms with Crippen molar-refractivity contribution in [2.24, 2.45) is 29.4 Å². The molecule has 1 saturated carbocycles. The Morgan fingerprint density at radius 1 is 1.35 bits per heavy atom. The number of carbonyl (C=O) groups is 4. The Hall–Kier alpha value is -2.16. The van der Waals surface area contributed by atoms with Crippen molar-refractivity contribution in [2.75, 3.05) is 6.54 Å². The molecule has 2 aliphatic rings. The number of carboxylic acid groups (broad SMARTS) is 1. The summed E-state index contributed by atoms with van der Waals surface area (Å²) in [5.74, 6) is -3.03. The molecule has 0 bridgehead atoms. The zero-order valence-corrected chi connectivity index (χ0v) is 15.2. The highest BCUT2D eigenvalue weighted by molar-refractivity contribution is 5.94. The van der Waals surface area contributed by atoms with Crippen molar-refractivity contribution in [2.45, 2.75) is 51.8 Å². The van der Waals surface area contributed by atoms with Gasteiger partial charge in [0, 0.05) is 6.54 Å². The summed E-state index contributed by atoms with van der Waals surface area (Å²) in [6.07, 6.45) is 0.575. The van der Waals surface area contributed by atoms with Crippen molar-refractivity contribution in [3.8, 4) is 0 Å². The van der Waals surface area contributed by atoms with E-state index in [1.165, 1.54) is 6.92 Å². The third-order valence-corrected chi connectivity index (χ3v) is 5.28. The summed E-state index contributed by atoms with van der Waals surface area (Å²) in [7, 11) is 0. The van der Waals surface area contributed by atoms with Crippen molar-refractivity contribution in [3.05, 3.63) is 0 Å². The summed E-state index contributed by atoms with van der Waals surface area (Å²) >= 11 is 0. The van der Waals surface area contributed by atoms with E-state index < -0.39 is 36.0 Å². The molecule has 26 heavy (non-hydrogen) atoms. The standard InChI is InChI=1S/C17H27N3O6/c1-4-7(2)11-13(26-17(11)25)15(22)19-6-9-5-10(9)12(16(23)24)20-14(21)8(3)18/h7-13H,4-6,18H2,1-3H3,(H,19,22)(H,20,21)(H,23,24)/t7-,8-,9+,10-,11-,12-,13+/m0/s1. The van der Waals surface area contributed by atoms with Gasteiger partial charge in [-0.25, -0.2) is 4.79 Å². The second-order valence-corrected chi connectivity index (χ2v) is 7.29. The molecule has 2 rings (SSSR count). The summed E-state index contributed by atoms with van der Waals surface area (Å²) in [6.45, 7) is 5.61. The highest BCUT2D eigenvalue weighted by Crippen LogP contribution is 2.41. The van der Waals surface area contributed by atoms with Gasteiger partial charge in [-0.15, -0.1) is 0 Å². The monoisotopic (exact) mass is 369 g/mol.